The van der Waals surface area contributed by atoms with Crippen LogP contribution in [-0.4, -0.2) is 44.3 Å². The fourth-order valence-corrected chi connectivity index (χ4v) is 3.98. The highest BCUT2D eigenvalue weighted by atomic mass is 35.5. The van der Waals surface area contributed by atoms with Crippen molar-refractivity contribution in [1.82, 2.24) is 0 Å². The summed E-state index contributed by atoms with van der Waals surface area (Å²) in [7, 11) is -3.31. The summed E-state index contributed by atoms with van der Waals surface area (Å²) >= 11 is 0. The largest absolute Gasteiger partial charge is 0.508 e. The van der Waals surface area contributed by atoms with Crippen LogP contribution in [0, 0.1) is 0 Å². The number of aliphatic hydroxyl groups is 1. The van der Waals surface area contributed by atoms with Crippen LogP contribution in [0.3, 0.4) is 0 Å². The fraction of sp³-hybridized carbons (Fsp3) is 0.400. The first-order valence-electron chi connectivity index (χ1n) is 8.98. The van der Waals surface area contributed by atoms with Crippen molar-refractivity contribution in [1.29, 1.82) is 0 Å². The van der Waals surface area contributed by atoms with Gasteiger partial charge in [-0.05, 0) is 43.7 Å². The molecule has 1 aliphatic rings. The second-order valence-electron chi connectivity index (χ2n) is 7.26. The van der Waals surface area contributed by atoms with Crippen molar-refractivity contribution in [2.75, 3.05) is 24.5 Å². The Balaban J connectivity index is 0.00000300. The van der Waals surface area contributed by atoms with Crippen molar-refractivity contribution in [2.24, 2.45) is 0 Å². The van der Waals surface area contributed by atoms with Gasteiger partial charge < -0.3 is 24.6 Å². The first-order chi connectivity index (χ1) is 13.1. The minimum absolute atomic E-state index is 0. The standard InChI is InChI=1S/C20H25NO6S.ClH/c1-13(2)21(16-5-7-19-20(9-16)27-12-26-19)10-18(23)14-4-6-17(22)15(8-14)11-28(3,24)25;/h4-9,13,18,22-23H,10-12H2,1-3H3;1H. The van der Waals surface area contributed by atoms with E-state index in [1.165, 1.54) is 6.07 Å². The number of nitrogens with zero attached hydrogens (tertiary/aromatic N) is 1. The summed E-state index contributed by atoms with van der Waals surface area (Å²) in [5, 5.41) is 20.7. The lowest BCUT2D eigenvalue weighted by Gasteiger charge is -2.31. The maximum Gasteiger partial charge on any atom is 0.231 e. The number of phenols is 1. The number of fused-ring (bicyclic) bond motifs is 1. The quantitative estimate of drug-likeness (QED) is 0.678. The molecule has 0 spiro atoms. The highest BCUT2D eigenvalue weighted by Gasteiger charge is 2.21. The van der Waals surface area contributed by atoms with Gasteiger partial charge in [0, 0.05) is 36.2 Å². The van der Waals surface area contributed by atoms with E-state index in [0.717, 1.165) is 11.9 Å². The molecular weight excluding hydrogens is 418 g/mol. The van der Waals surface area contributed by atoms with Crippen LogP contribution in [0.4, 0.5) is 5.69 Å². The molecular formula is C20H26ClNO6S. The predicted molar refractivity (Wildman–Crippen MR) is 114 cm³/mol. The molecule has 0 amide bonds. The van der Waals surface area contributed by atoms with Gasteiger partial charge in [0.15, 0.2) is 21.3 Å². The highest BCUT2D eigenvalue weighted by molar-refractivity contribution is 7.89. The second kappa shape index (κ2) is 9.11. The summed E-state index contributed by atoms with van der Waals surface area (Å²) in [6, 6.07) is 10.3. The molecule has 0 aliphatic carbocycles. The molecule has 29 heavy (non-hydrogen) atoms. The summed E-state index contributed by atoms with van der Waals surface area (Å²) in [6.45, 7) is 4.52. The van der Waals surface area contributed by atoms with Crippen LogP contribution in [-0.2, 0) is 15.6 Å². The molecule has 1 atom stereocenters. The van der Waals surface area contributed by atoms with Gasteiger partial charge in [0.1, 0.15) is 5.75 Å². The van der Waals surface area contributed by atoms with Crippen molar-refractivity contribution < 1.29 is 28.1 Å². The molecule has 0 saturated carbocycles. The van der Waals surface area contributed by atoms with Crippen molar-refractivity contribution in [3.63, 3.8) is 0 Å². The zero-order valence-electron chi connectivity index (χ0n) is 16.5. The monoisotopic (exact) mass is 443 g/mol. The van der Waals surface area contributed by atoms with Crippen LogP contribution in [0.5, 0.6) is 17.2 Å². The molecule has 3 rings (SSSR count). The molecule has 7 nitrogen and oxygen atoms in total. The van der Waals surface area contributed by atoms with Gasteiger partial charge in [0.25, 0.3) is 0 Å². The zero-order chi connectivity index (χ0) is 20.5. The lowest BCUT2D eigenvalue weighted by Crippen LogP contribution is -2.34. The van der Waals surface area contributed by atoms with Crippen molar-refractivity contribution in [3.05, 3.63) is 47.5 Å². The smallest absolute Gasteiger partial charge is 0.231 e. The molecule has 0 saturated heterocycles. The number of hydrogen-bond acceptors (Lipinski definition) is 7. The maximum absolute atomic E-state index is 11.6. The molecule has 2 aromatic carbocycles. The number of ether oxygens (including phenoxy) is 2. The van der Waals surface area contributed by atoms with E-state index in [2.05, 4.69) is 0 Å². The lowest BCUT2D eigenvalue weighted by molar-refractivity contribution is 0.173. The number of phenolic OH excluding ortho intramolecular Hbond substituents is 1. The van der Waals surface area contributed by atoms with Crippen molar-refractivity contribution >= 4 is 27.9 Å². The van der Waals surface area contributed by atoms with Gasteiger partial charge in [-0.15, -0.1) is 12.4 Å². The van der Waals surface area contributed by atoms with Gasteiger partial charge in [-0.25, -0.2) is 8.42 Å². The topological polar surface area (TPSA) is 96.3 Å². The van der Waals surface area contributed by atoms with Crippen LogP contribution >= 0.6 is 12.4 Å². The number of halogens is 1. The lowest BCUT2D eigenvalue weighted by atomic mass is 10.0. The fourth-order valence-electron chi connectivity index (χ4n) is 3.18. The Kier molecular flexibility index (Phi) is 7.26. The second-order valence-corrected chi connectivity index (χ2v) is 9.40. The number of benzene rings is 2. The van der Waals surface area contributed by atoms with Crippen LogP contribution in [0.1, 0.15) is 31.1 Å². The molecule has 0 fully saturated rings. The summed E-state index contributed by atoms with van der Waals surface area (Å²) in [6.07, 6.45) is 0.238. The van der Waals surface area contributed by atoms with Gasteiger partial charge in [0.05, 0.1) is 11.9 Å². The Morgan fingerprint density at radius 1 is 1.10 bits per heavy atom. The van der Waals surface area contributed by atoms with E-state index in [0.29, 0.717) is 23.6 Å². The van der Waals surface area contributed by atoms with E-state index in [4.69, 9.17) is 9.47 Å². The normalized spacial score (nSPS) is 13.8. The number of sulfone groups is 1. The number of hydrogen-bond donors (Lipinski definition) is 2. The SMILES string of the molecule is CC(C)N(CC(O)c1ccc(O)c(CS(C)(=O)=O)c1)c1ccc2c(c1)OCO2.Cl. The third kappa shape index (κ3) is 5.68. The van der Waals surface area contributed by atoms with Gasteiger partial charge >= 0.3 is 0 Å². The number of rotatable bonds is 7. The Morgan fingerprint density at radius 3 is 2.45 bits per heavy atom. The van der Waals surface area contributed by atoms with Crippen LogP contribution in [0.15, 0.2) is 36.4 Å². The first-order valence-corrected chi connectivity index (χ1v) is 11.0. The molecule has 1 heterocycles. The van der Waals surface area contributed by atoms with Gasteiger partial charge in [0.2, 0.25) is 6.79 Å². The first kappa shape index (κ1) is 23.1. The summed E-state index contributed by atoms with van der Waals surface area (Å²) in [5.74, 6) is 0.975. The average molecular weight is 444 g/mol. The Morgan fingerprint density at radius 2 is 1.79 bits per heavy atom. The molecule has 0 radical (unpaired) electrons. The number of aromatic hydroxyl groups is 1. The van der Waals surface area contributed by atoms with Crippen molar-refractivity contribution in [3.8, 4) is 17.2 Å². The molecule has 9 heteroatoms. The van der Waals surface area contributed by atoms with Crippen LogP contribution < -0.4 is 14.4 Å². The third-order valence-corrected chi connectivity index (χ3v) is 5.42. The number of anilines is 1. The summed E-state index contributed by atoms with van der Waals surface area (Å²) < 4.78 is 33.9. The van der Waals surface area contributed by atoms with Gasteiger partial charge in [-0.2, -0.15) is 0 Å². The van der Waals surface area contributed by atoms with Gasteiger partial charge in [-0.1, -0.05) is 6.07 Å². The Hall–Kier alpha value is -2.16. The van der Waals surface area contributed by atoms with Gasteiger partial charge in [-0.3, -0.25) is 0 Å². The predicted octanol–water partition coefficient (Wildman–Crippen LogP) is 3.04. The van der Waals surface area contributed by atoms with E-state index >= 15 is 0 Å². The maximum atomic E-state index is 11.6. The van der Waals surface area contributed by atoms with Crippen LogP contribution in [0.2, 0.25) is 0 Å². The van der Waals surface area contributed by atoms with E-state index in [-0.39, 0.29) is 42.3 Å². The molecule has 2 N–H and O–H groups in total. The van der Waals surface area contributed by atoms with E-state index < -0.39 is 15.9 Å². The molecule has 0 bridgehead atoms. The van der Waals surface area contributed by atoms with Crippen LogP contribution in [0.25, 0.3) is 0 Å². The number of aliphatic hydroxyl groups excluding tert-OH is 1. The molecule has 2 aromatic rings. The van der Waals surface area contributed by atoms with Crippen molar-refractivity contribution in [2.45, 2.75) is 31.7 Å². The molecule has 160 valence electrons. The average Bonchev–Trinajstić information content (AvgIpc) is 3.07. The Bertz CT molecular complexity index is 963. The molecule has 1 aliphatic heterocycles. The molecule has 1 unspecified atom stereocenters. The third-order valence-electron chi connectivity index (χ3n) is 4.59. The van der Waals surface area contributed by atoms with E-state index in [1.807, 2.05) is 36.9 Å². The zero-order valence-corrected chi connectivity index (χ0v) is 18.2. The minimum atomic E-state index is -3.31. The highest BCUT2D eigenvalue weighted by Crippen LogP contribution is 2.36. The molecule has 0 aromatic heterocycles. The summed E-state index contributed by atoms with van der Waals surface area (Å²) in [5.41, 5.74) is 1.70. The van der Waals surface area contributed by atoms with E-state index in [9.17, 15) is 18.6 Å². The Labute approximate surface area is 177 Å². The van der Waals surface area contributed by atoms with E-state index in [1.54, 1.807) is 12.1 Å². The summed E-state index contributed by atoms with van der Waals surface area (Å²) in [4.78, 5) is 2.02. The minimum Gasteiger partial charge on any atom is -0.508 e.